The molecule has 0 spiro atoms. The molecule has 0 radical (unpaired) electrons. The Hall–Kier alpha value is -0.890. The number of hydrogen-bond donors (Lipinski definition) is 1. The topological polar surface area (TPSA) is 37.3 Å². The smallest absolute Gasteiger partial charge is 0.180 e. The molecular weight excluding hydrogens is 200 g/mol. The van der Waals surface area contributed by atoms with E-state index in [4.69, 9.17) is 5.11 Å². The number of hydrogen-bond acceptors (Lipinski definition) is 2. The molecule has 92 valence electrons. The molecule has 2 nitrogen and oxygen atoms in total. The van der Waals surface area contributed by atoms with Crippen LogP contribution in [0.1, 0.15) is 46.0 Å². The summed E-state index contributed by atoms with van der Waals surface area (Å²) >= 11 is 0. The van der Waals surface area contributed by atoms with E-state index >= 15 is 0 Å². The van der Waals surface area contributed by atoms with E-state index < -0.39 is 6.61 Å². The molecule has 0 aliphatic carbocycles. The van der Waals surface area contributed by atoms with Gasteiger partial charge in [-0.3, -0.25) is 4.79 Å². The molecule has 2 heteroatoms. The summed E-state index contributed by atoms with van der Waals surface area (Å²) in [6.07, 6.45) is 13.2. The third-order valence-corrected chi connectivity index (χ3v) is 2.30. The number of ketones is 1. The van der Waals surface area contributed by atoms with Crippen molar-refractivity contribution in [2.24, 2.45) is 5.92 Å². The van der Waals surface area contributed by atoms with Gasteiger partial charge in [0.15, 0.2) is 5.78 Å². The Kier molecular flexibility index (Phi) is 10.0. The summed E-state index contributed by atoms with van der Waals surface area (Å²) in [5.74, 6) is 0.571. The molecule has 0 rings (SSSR count). The fraction of sp³-hybridized carbons (Fsp3) is 0.643. The molecule has 0 heterocycles. The monoisotopic (exact) mass is 224 g/mol. The summed E-state index contributed by atoms with van der Waals surface area (Å²) in [4.78, 5) is 10.7. The number of aliphatic hydroxyl groups excluding tert-OH is 1. The number of rotatable bonds is 9. The normalized spacial score (nSPS) is 12.0. The standard InChI is InChI=1S/C14H24O2/c1-13(2)10-8-6-4-3-5-7-9-11-14(16)12-15/h3,5,9,11,13,15H,4,6-8,10,12H2,1-2H3/b5-3+,11-9+. The molecule has 0 unspecified atom stereocenters. The van der Waals surface area contributed by atoms with Crippen molar-refractivity contribution < 1.29 is 9.90 Å². The highest BCUT2D eigenvalue weighted by molar-refractivity contribution is 5.90. The van der Waals surface area contributed by atoms with E-state index in [1.807, 2.05) is 0 Å². The van der Waals surface area contributed by atoms with Gasteiger partial charge in [0.05, 0.1) is 0 Å². The number of allylic oxidation sites excluding steroid dienone is 3. The second kappa shape index (κ2) is 10.6. The summed E-state index contributed by atoms with van der Waals surface area (Å²) < 4.78 is 0. The largest absolute Gasteiger partial charge is 0.388 e. The Balaban J connectivity index is 3.35. The lowest BCUT2D eigenvalue weighted by Crippen LogP contribution is -1.97. The van der Waals surface area contributed by atoms with Crippen molar-refractivity contribution in [2.75, 3.05) is 6.61 Å². The van der Waals surface area contributed by atoms with E-state index in [1.54, 1.807) is 6.08 Å². The number of carbonyl (C=O) groups excluding carboxylic acids is 1. The summed E-state index contributed by atoms with van der Waals surface area (Å²) in [7, 11) is 0. The fourth-order valence-corrected chi connectivity index (χ4v) is 1.36. The minimum absolute atomic E-state index is 0.231. The highest BCUT2D eigenvalue weighted by Crippen LogP contribution is 2.08. The minimum Gasteiger partial charge on any atom is -0.388 e. The van der Waals surface area contributed by atoms with E-state index in [0.29, 0.717) is 0 Å². The molecule has 1 N–H and O–H groups in total. The second-order valence-corrected chi connectivity index (χ2v) is 4.41. The lowest BCUT2D eigenvalue weighted by atomic mass is 10.1. The van der Waals surface area contributed by atoms with Crippen molar-refractivity contribution in [2.45, 2.75) is 46.0 Å². The molecule has 0 aromatic rings. The quantitative estimate of drug-likeness (QED) is 0.371. The summed E-state index contributed by atoms with van der Waals surface area (Å²) in [5.41, 5.74) is 0. The van der Waals surface area contributed by atoms with Crippen LogP contribution in [-0.4, -0.2) is 17.5 Å². The van der Waals surface area contributed by atoms with Crippen molar-refractivity contribution in [1.82, 2.24) is 0 Å². The van der Waals surface area contributed by atoms with Crippen molar-refractivity contribution in [3.63, 3.8) is 0 Å². The minimum atomic E-state index is -0.393. The predicted molar refractivity (Wildman–Crippen MR) is 68.3 cm³/mol. The molecule has 0 atom stereocenters. The summed E-state index contributed by atoms with van der Waals surface area (Å²) in [5, 5.41) is 8.46. The van der Waals surface area contributed by atoms with Gasteiger partial charge in [-0.05, 0) is 31.3 Å². The van der Waals surface area contributed by atoms with Crippen LogP contribution in [-0.2, 0) is 4.79 Å². The van der Waals surface area contributed by atoms with Gasteiger partial charge in [0.2, 0.25) is 0 Å². The predicted octanol–water partition coefficient (Wildman–Crippen LogP) is 3.27. The maximum absolute atomic E-state index is 10.7. The van der Waals surface area contributed by atoms with Gasteiger partial charge in [0, 0.05) is 0 Å². The van der Waals surface area contributed by atoms with Crippen molar-refractivity contribution in [1.29, 1.82) is 0 Å². The molecule has 0 aliphatic heterocycles. The lowest BCUT2D eigenvalue weighted by Gasteiger charge is -2.01. The van der Waals surface area contributed by atoms with Crippen LogP contribution in [0.2, 0.25) is 0 Å². The number of unbranched alkanes of at least 4 members (excludes halogenated alkanes) is 2. The molecule has 16 heavy (non-hydrogen) atoms. The highest BCUT2D eigenvalue weighted by atomic mass is 16.3. The molecule has 0 bridgehead atoms. The van der Waals surface area contributed by atoms with E-state index in [2.05, 4.69) is 26.0 Å². The summed E-state index contributed by atoms with van der Waals surface area (Å²) in [6, 6.07) is 0. The first-order chi connectivity index (χ1) is 7.66. The summed E-state index contributed by atoms with van der Waals surface area (Å²) in [6.45, 7) is 4.10. The fourth-order valence-electron chi connectivity index (χ4n) is 1.36. The van der Waals surface area contributed by atoms with Gasteiger partial charge < -0.3 is 5.11 Å². The molecule has 0 aromatic heterocycles. The average Bonchev–Trinajstić information content (AvgIpc) is 2.26. The van der Waals surface area contributed by atoms with Gasteiger partial charge in [0.25, 0.3) is 0 Å². The Bertz CT molecular complexity index is 227. The zero-order valence-corrected chi connectivity index (χ0v) is 10.5. The average molecular weight is 224 g/mol. The van der Waals surface area contributed by atoms with Crippen LogP contribution in [0.25, 0.3) is 0 Å². The second-order valence-electron chi connectivity index (χ2n) is 4.41. The Morgan fingerprint density at radius 2 is 1.94 bits per heavy atom. The Morgan fingerprint density at radius 1 is 1.19 bits per heavy atom. The first-order valence-electron chi connectivity index (χ1n) is 6.12. The molecule has 0 aliphatic rings. The molecule has 0 aromatic carbocycles. The van der Waals surface area contributed by atoms with Crippen molar-refractivity contribution in [3.05, 3.63) is 24.3 Å². The van der Waals surface area contributed by atoms with Crippen LogP contribution in [0.15, 0.2) is 24.3 Å². The zero-order chi connectivity index (χ0) is 12.2. The van der Waals surface area contributed by atoms with E-state index in [0.717, 1.165) is 18.8 Å². The van der Waals surface area contributed by atoms with Crippen LogP contribution in [0.5, 0.6) is 0 Å². The Labute approximate surface area is 99.1 Å². The maximum Gasteiger partial charge on any atom is 0.180 e. The van der Waals surface area contributed by atoms with Crippen LogP contribution in [0.3, 0.4) is 0 Å². The van der Waals surface area contributed by atoms with Crippen LogP contribution in [0.4, 0.5) is 0 Å². The van der Waals surface area contributed by atoms with Crippen molar-refractivity contribution >= 4 is 5.78 Å². The van der Waals surface area contributed by atoms with E-state index in [-0.39, 0.29) is 5.78 Å². The third kappa shape index (κ3) is 11.2. The van der Waals surface area contributed by atoms with Gasteiger partial charge >= 0.3 is 0 Å². The third-order valence-electron chi connectivity index (χ3n) is 2.30. The van der Waals surface area contributed by atoms with E-state index in [1.165, 1.54) is 25.3 Å². The molecule has 0 fully saturated rings. The van der Waals surface area contributed by atoms with Gasteiger partial charge in [-0.2, -0.15) is 0 Å². The van der Waals surface area contributed by atoms with Crippen molar-refractivity contribution in [3.8, 4) is 0 Å². The highest BCUT2D eigenvalue weighted by Gasteiger charge is 1.92. The molecular formula is C14H24O2. The van der Waals surface area contributed by atoms with Gasteiger partial charge in [-0.15, -0.1) is 0 Å². The van der Waals surface area contributed by atoms with E-state index in [9.17, 15) is 4.79 Å². The number of aliphatic hydroxyl groups is 1. The van der Waals surface area contributed by atoms with Gasteiger partial charge in [-0.25, -0.2) is 0 Å². The molecule has 0 saturated carbocycles. The first-order valence-corrected chi connectivity index (χ1v) is 6.12. The Morgan fingerprint density at radius 3 is 2.56 bits per heavy atom. The number of carbonyl (C=O) groups is 1. The lowest BCUT2D eigenvalue weighted by molar-refractivity contribution is -0.117. The van der Waals surface area contributed by atoms with Crippen LogP contribution >= 0.6 is 0 Å². The van der Waals surface area contributed by atoms with Crippen LogP contribution in [0, 0.1) is 5.92 Å². The zero-order valence-electron chi connectivity index (χ0n) is 10.5. The first kappa shape index (κ1) is 15.1. The SMILES string of the molecule is CC(C)CCCC/C=C/C/C=C/C(=O)CO. The molecule has 0 amide bonds. The maximum atomic E-state index is 10.7. The van der Waals surface area contributed by atoms with Gasteiger partial charge in [-0.1, -0.05) is 44.9 Å². The van der Waals surface area contributed by atoms with Gasteiger partial charge in [0.1, 0.15) is 6.61 Å². The van der Waals surface area contributed by atoms with Crippen LogP contribution < -0.4 is 0 Å². The molecule has 0 saturated heterocycles.